The summed E-state index contributed by atoms with van der Waals surface area (Å²) in [5.74, 6) is 1.17. The van der Waals surface area contributed by atoms with Crippen LogP contribution in [0.4, 0.5) is 5.95 Å². The van der Waals surface area contributed by atoms with Crippen LogP contribution in [0.2, 0.25) is 0 Å². The Morgan fingerprint density at radius 1 is 1.03 bits per heavy atom. The zero-order valence-corrected chi connectivity index (χ0v) is 18.3. The molecule has 2 heterocycles. The van der Waals surface area contributed by atoms with Gasteiger partial charge in [-0.1, -0.05) is 29.5 Å². The number of carbonyl (C=O) groups excluding carboxylic acids is 1. The first kappa shape index (κ1) is 20.9. The molecule has 1 aliphatic rings. The first-order valence-electron chi connectivity index (χ1n) is 11.0. The molecular formula is C24H25N7O2. The number of rotatable bonds is 6. The minimum atomic E-state index is -0.0687. The van der Waals surface area contributed by atoms with Crippen molar-refractivity contribution in [3.05, 3.63) is 66.4 Å². The van der Waals surface area contributed by atoms with Gasteiger partial charge in [-0.3, -0.25) is 4.79 Å². The molecule has 0 radical (unpaired) electrons. The topological polar surface area (TPSA) is 107 Å². The zero-order chi connectivity index (χ0) is 22.6. The quantitative estimate of drug-likeness (QED) is 0.470. The van der Waals surface area contributed by atoms with Gasteiger partial charge in [0.15, 0.2) is 11.2 Å². The van der Waals surface area contributed by atoms with E-state index in [0.29, 0.717) is 28.4 Å². The fourth-order valence-electron chi connectivity index (χ4n) is 4.14. The summed E-state index contributed by atoms with van der Waals surface area (Å²) in [7, 11) is 1.60. The number of benzene rings is 2. The van der Waals surface area contributed by atoms with E-state index in [0.717, 1.165) is 31.4 Å². The Hall–Kier alpha value is -4.01. The molecule has 5 rings (SSSR count). The monoisotopic (exact) mass is 443 g/mol. The molecule has 4 aromatic rings. The number of aromatic nitrogens is 5. The summed E-state index contributed by atoms with van der Waals surface area (Å²) < 4.78 is 6.93. The lowest BCUT2D eigenvalue weighted by molar-refractivity contribution is 0.0926. The Morgan fingerprint density at radius 3 is 2.61 bits per heavy atom. The van der Waals surface area contributed by atoms with Crippen molar-refractivity contribution in [2.45, 2.75) is 37.8 Å². The van der Waals surface area contributed by atoms with Crippen molar-refractivity contribution >= 4 is 23.0 Å². The lowest BCUT2D eigenvalue weighted by Gasteiger charge is -2.29. The molecule has 1 aliphatic carbocycles. The molecule has 2 aromatic heterocycles. The van der Waals surface area contributed by atoms with E-state index in [1.165, 1.54) is 0 Å². The fourth-order valence-corrected chi connectivity index (χ4v) is 4.14. The minimum absolute atomic E-state index is 0.0687. The van der Waals surface area contributed by atoms with Gasteiger partial charge in [0.1, 0.15) is 5.75 Å². The number of carbonyl (C=O) groups is 1. The largest absolute Gasteiger partial charge is 0.497 e. The third kappa shape index (κ3) is 4.62. The molecule has 1 amide bonds. The van der Waals surface area contributed by atoms with E-state index in [-0.39, 0.29) is 18.0 Å². The number of methoxy groups -OCH3 is 1. The Kier molecular flexibility index (Phi) is 5.84. The van der Waals surface area contributed by atoms with Gasteiger partial charge >= 0.3 is 0 Å². The lowest BCUT2D eigenvalue weighted by atomic mass is 9.91. The molecule has 1 saturated carbocycles. The molecule has 0 saturated heterocycles. The maximum Gasteiger partial charge on any atom is 0.251 e. The molecule has 0 atom stereocenters. The highest BCUT2D eigenvalue weighted by Crippen LogP contribution is 2.23. The predicted octanol–water partition coefficient (Wildman–Crippen LogP) is 3.37. The predicted molar refractivity (Wildman–Crippen MR) is 125 cm³/mol. The summed E-state index contributed by atoms with van der Waals surface area (Å²) in [5, 5.41) is 15.0. The van der Waals surface area contributed by atoms with Crippen molar-refractivity contribution in [1.29, 1.82) is 0 Å². The van der Waals surface area contributed by atoms with Gasteiger partial charge in [-0.15, -0.1) is 5.10 Å². The Balaban J connectivity index is 1.20. The maximum absolute atomic E-state index is 12.6. The Labute approximate surface area is 191 Å². The van der Waals surface area contributed by atoms with E-state index < -0.39 is 0 Å². The van der Waals surface area contributed by atoms with Crippen molar-refractivity contribution in [2.24, 2.45) is 0 Å². The highest BCUT2D eigenvalue weighted by Gasteiger charge is 2.24. The van der Waals surface area contributed by atoms with Crippen LogP contribution >= 0.6 is 0 Å². The minimum Gasteiger partial charge on any atom is -0.497 e. The van der Waals surface area contributed by atoms with Crippen LogP contribution in [0.5, 0.6) is 5.75 Å². The van der Waals surface area contributed by atoms with Crippen LogP contribution in [-0.2, 0) is 0 Å². The highest BCUT2D eigenvalue weighted by atomic mass is 16.5. The number of hydrogen-bond donors (Lipinski definition) is 2. The third-order valence-electron chi connectivity index (χ3n) is 5.92. The van der Waals surface area contributed by atoms with E-state index in [1.54, 1.807) is 30.1 Å². The average Bonchev–Trinajstić information content (AvgIpc) is 3.29. The second-order valence-electron chi connectivity index (χ2n) is 8.14. The number of anilines is 1. The van der Waals surface area contributed by atoms with E-state index in [2.05, 4.69) is 30.9 Å². The van der Waals surface area contributed by atoms with E-state index >= 15 is 0 Å². The Bertz CT molecular complexity index is 1250. The van der Waals surface area contributed by atoms with Gasteiger partial charge in [-0.05, 0) is 56.0 Å². The van der Waals surface area contributed by atoms with Crippen molar-refractivity contribution in [2.75, 3.05) is 12.4 Å². The number of para-hydroxylation sites is 1. The number of hydrogen-bond acceptors (Lipinski definition) is 7. The molecule has 0 unspecified atom stereocenters. The Morgan fingerprint density at radius 2 is 1.82 bits per heavy atom. The fraction of sp³-hybridized carbons (Fsp3) is 0.292. The van der Waals surface area contributed by atoms with Gasteiger partial charge < -0.3 is 15.4 Å². The second kappa shape index (κ2) is 9.23. The normalized spacial score (nSPS) is 18.1. The summed E-state index contributed by atoms with van der Waals surface area (Å²) in [6.07, 6.45) is 5.30. The van der Waals surface area contributed by atoms with Crippen LogP contribution in [0.25, 0.3) is 16.9 Å². The molecule has 2 aromatic carbocycles. The molecule has 0 spiro atoms. The zero-order valence-electron chi connectivity index (χ0n) is 18.3. The SMILES string of the molecule is COc1cccc(C(=O)NC2CCC(Nc3ncc4nnn(-c5ccccc5)c4n3)CC2)c1. The van der Waals surface area contributed by atoms with Gasteiger partial charge in [0.2, 0.25) is 5.95 Å². The summed E-state index contributed by atoms with van der Waals surface area (Å²) in [5.41, 5.74) is 2.82. The molecule has 9 nitrogen and oxygen atoms in total. The number of fused-ring (bicyclic) bond motifs is 1. The summed E-state index contributed by atoms with van der Waals surface area (Å²) in [6, 6.07) is 17.4. The maximum atomic E-state index is 12.6. The first-order valence-corrected chi connectivity index (χ1v) is 11.0. The number of nitrogens with zero attached hydrogens (tertiary/aromatic N) is 5. The molecule has 9 heteroatoms. The smallest absolute Gasteiger partial charge is 0.251 e. The van der Waals surface area contributed by atoms with Crippen LogP contribution in [0.15, 0.2) is 60.8 Å². The summed E-state index contributed by atoms with van der Waals surface area (Å²) in [4.78, 5) is 21.7. The standard InChI is InChI=1S/C24H25N7O2/c1-33-20-9-5-6-16(14-20)23(32)26-17-10-12-18(13-11-17)27-24-25-15-21-22(28-24)31(30-29-21)19-7-3-2-4-8-19/h2-9,14-15,17-18H,10-13H2,1H3,(H,26,32)(H,25,27,28). The third-order valence-corrected chi connectivity index (χ3v) is 5.92. The molecule has 1 fully saturated rings. The highest BCUT2D eigenvalue weighted by molar-refractivity contribution is 5.94. The second-order valence-corrected chi connectivity index (χ2v) is 8.14. The average molecular weight is 444 g/mol. The van der Waals surface area contributed by atoms with Crippen molar-refractivity contribution in [3.8, 4) is 11.4 Å². The van der Waals surface area contributed by atoms with Gasteiger partial charge in [0, 0.05) is 17.6 Å². The van der Waals surface area contributed by atoms with Gasteiger partial charge in [-0.25, -0.2) is 4.98 Å². The summed E-state index contributed by atoms with van der Waals surface area (Å²) in [6.45, 7) is 0. The molecule has 2 N–H and O–H groups in total. The number of nitrogens with one attached hydrogen (secondary N) is 2. The van der Waals surface area contributed by atoms with Crippen LogP contribution in [-0.4, -0.2) is 50.1 Å². The summed E-state index contributed by atoms with van der Waals surface area (Å²) >= 11 is 0. The number of amides is 1. The van der Waals surface area contributed by atoms with Gasteiger partial charge in [0.05, 0.1) is 19.0 Å². The molecule has 168 valence electrons. The molecular weight excluding hydrogens is 418 g/mol. The van der Waals surface area contributed by atoms with Gasteiger partial charge in [-0.2, -0.15) is 9.67 Å². The van der Waals surface area contributed by atoms with Crippen molar-refractivity contribution in [1.82, 2.24) is 30.3 Å². The van der Waals surface area contributed by atoms with Crippen molar-refractivity contribution in [3.63, 3.8) is 0 Å². The van der Waals surface area contributed by atoms with E-state index in [1.807, 2.05) is 42.5 Å². The van der Waals surface area contributed by atoms with E-state index in [9.17, 15) is 4.79 Å². The van der Waals surface area contributed by atoms with Crippen LogP contribution in [0, 0.1) is 0 Å². The van der Waals surface area contributed by atoms with Crippen LogP contribution in [0.1, 0.15) is 36.0 Å². The van der Waals surface area contributed by atoms with E-state index in [4.69, 9.17) is 4.74 Å². The van der Waals surface area contributed by atoms with Gasteiger partial charge in [0.25, 0.3) is 5.91 Å². The first-order chi connectivity index (χ1) is 16.2. The molecule has 0 bridgehead atoms. The lowest BCUT2D eigenvalue weighted by Crippen LogP contribution is -2.40. The van der Waals surface area contributed by atoms with Crippen LogP contribution < -0.4 is 15.4 Å². The van der Waals surface area contributed by atoms with Crippen molar-refractivity contribution < 1.29 is 9.53 Å². The van der Waals surface area contributed by atoms with Crippen LogP contribution in [0.3, 0.4) is 0 Å². The molecule has 33 heavy (non-hydrogen) atoms. The number of ether oxygens (including phenoxy) is 1. The molecule has 0 aliphatic heterocycles.